The number of rotatable bonds is 5. The van der Waals surface area contributed by atoms with Gasteiger partial charge in [0.2, 0.25) is 20.0 Å². The van der Waals surface area contributed by atoms with E-state index in [9.17, 15) is 16.8 Å². The Morgan fingerprint density at radius 3 is 2.15 bits per heavy atom. The fraction of sp³-hybridized carbons (Fsp3) is 0.625. The normalized spacial score (nSPS) is 26.9. The number of fused-ring (bicyclic) bond motifs is 2. The number of halogens is 1. The molecule has 1 saturated carbocycles. The summed E-state index contributed by atoms with van der Waals surface area (Å²) in [5, 5.41) is 3.29. The van der Waals surface area contributed by atoms with Crippen LogP contribution in [0, 0.1) is 0 Å². The second-order valence-corrected chi connectivity index (χ2v) is 10.6. The van der Waals surface area contributed by atoms with Gasteiger partial charge in [0.15, 0.2) is 0 Å². The predicted octanol–water partition coefficient (Wildman–Crippen LogP) is 1.06. The topological polar surface area (TPSA) is 95.6 Å². The first-order valence-corrected chi connectivity index (χ1v) is 11.7. The van der Waals surface area contributed by atoms with Crippen molar-refractivity contribution in [2.24, 2.45) is 0 Å². The maximum Gasteiger partial charge on any atom is 0.243 e. The third-order valence-electron chi connectivity index (χ3n) is 5.20. The summed E-state index contributed by atoms with van der Waals surface area (Å²) in [6, 6.07) is 5.63. The molecule has 3 fully saturated rings. The van der Waals surface area contributed by atoms with Gasteiger partial charge >= 0.3 is 0 Å². The van der Waals surface area contributed by atoms with E-state index in [2.05, 4.69) is 10.0 Å². The van der Waals surface area contributed by atoms with Crippen LogP contribution in [0.25, 0.3) is 0 Å². The molecule has 0 radical (unpaired) electrons. The average Bonchev–Trinajstić information content (AvgIpc) is 3.29. The van der Waals surface area contributed by atoms with Crippen molar-refractivity contribution in [3.63, 3.8) is 0 Å². The minimum atomic E-state index is -3.62. The summed E-state index contributed by atoms with van der Waals surface area (Å²) in [6.45, 7) is 1.50. The number of nitrogens with one attached hydrogen (secondary N) is 2. The van der Waals surface area contributed by atoms with Gasteiger partial charge in [-0.1, -0.05) is 0 Å². The highest BCUT2D eigenvalue weighted by Gasteiger charge is 2.43. The molecule has 0 aromatic heterocycles. The smallest absolute Gasteiger partial charge is 0.243 e. The molecule has 2 bridgehead atoms. The summed E-state index contributed by atoms with van der Waals surface area (Å²) in [7, 11) is -7.18. The highest BCUT2D eigenvalue weighted by molar-refractivity contribution is 7.89. The molecule has 4 rings (SSSR count). The van der Waals surface area contributed by atoms with Gasteiger partial charge in [-0.3, -0.25) is 0 Å². The van der Waals surface area contributed by atoms with E-state index < -0.39 is 20.0 Å². The van der Waals surface area contributed by atoms with E-state index in [1.165, 1.54) is 24.3 Å². The number of sulfonamides is 2. The third kappa shape index (κ3) is 3.79. The molecule has 10 heteroatoms. The third-order valence-corrected chi connectivity index (χ3v) is 8.75. The lowest BCUT2D eigenvalue weighted by Gasteiger charge is -2.26. The molecule has 26 heavy (non-hydrogen) atoms. The van der Waals surface area contributed by atoms with Gasteiger partial charge in [-0.25, -0.2) is 21.6 Å². The molecule has 7 nitrogen and oxygen atoms in total. The second-order valence-electron chi connectivity index (χ2n) is 7.08. The Morgan fingerprint density at radius 2 is 1.50 bits per heavy atom. The fourth-order valence-corrected chi connectivity index (χ4v) is 6.94. The van der Waals surface area contributed by atoms with Gasteiger partial charge in [0, 0.05) is 24.7 Å². The van der Waals surface area contributed by atoms with Crippen LogP contribution in [0.15, 0.2) is 34.1 Å². The van der Waals surface area contributed by atoms with Crippen molar-refractivity contribution in [2.75, 3.05) is 13.1 Å². The average molecular weight is 422 g/mol. The number of nitrogens with zero attached hydrogens (tertiary/aromatic N) is 1. The molecule has 1 aliphatic carbocycles. The lowest BCUT2D eigenvalue weighted by atomic mass is 10.1. The molecule has 2 heterocycles. The van der Waals surface area contributed by atoms with Crippen LogP contribution in [-0.4, -0.2) is 52.4 Å². The van der Waals surface area contributed by atoms with Gasteiger partial charge in [0.25, 0.3) is 0 Å². The Morgan fingerprint density at radius 1 is 0.885 bits per heavy atom. The van der Waals surface area contributed by atoms with Crippen molar-refractivity contribution in [1.82, 2.24) is 14.3 Å². The van der Waals surface area contributed by atoms with Gasteiger partial charge in [0.05, 0.1) is 9.79 Å². The Bertz CT molecular complexity index is 840. The van der Waals surface area contributed by atoms with Crippen molar-refractivity contribution in [1.29, 1.82) is 0 Å². The quantitative estimate of drug-likeness (QED) is 0.741. The van der Waals surface area contributed by atoms with Crippen molar-refractivity contribution >= 4 is 32.5 Å². The van der Waals surface area contributed by atoms with E-state index in [1.54, 1.807) is 4.31 Å². The molecular weight excluding hydrogens is 398 g/mol. The van der Waals surface area contributed by atoms with E-state index in [-0.39, 0.29) is 40.3 Å². The molecule has 2 unspecified atom stereocenters. The molecule has 146 valence electrons. The van der Waals surface area contributed by atoms with Crippen LogP contribution in [0.1, 0.15) is 32.1 Å². The van der Waals surface area contributed by atoms with Crippen LogP contribution in [0.4, 0.5) is 0 Å². The Labute approximate surface area is 161 Å². The van der Waals surface area contributed by atoms with Crippen LogP contribution in [0.2, 0.25) is 0 Å². The van der Waals surface area contributed by atoms with E-state index in [0.717, 1.165) is 38.6 Å². The number of hydrogen-bond donors (Lipinski definition) is 2. The highest BCUT2D eigenvalue weighted by Crippen LogP contribution is 2.34. The molecule has 1 aromatic carbocycles. The van der Waals surface area contributed by atoms with Crippen LogP contribution in [-0.2, 0) is 20.0 Å². The van der Waals surface area contributed by atoms with Gasteiger partial charge in [-0.05, 0) is 62.9 Å². The maximum absolute atomic E-state index is 13.1. The molecule has 0 amide bonds. The Hall–Kier alpha value is -0.710. The van der Waals surface area contributed by atoms with E-state index in [4.69, 9.17) is 0 Å². The lowest BCUT2D eigenvalue weighted by Crippen LogP contribution is -2.42. The Balaban J connectivity index is 0.00000196. The lowest BCUT2D eigenvalue weighted by molar-refractivity contribution is 0.334. The minimum absolute atomic E-state index is 0. The molecule has 2 atom stereocenters. The Kier molecular flexibility index (Phi) is 5.68. The van der Waals surface area contributed by atoms with Crippen LogP contribution >= 0.6 is 12.4 Å². The van der Waals surface area contributed by atoms with Crippen molar-refractivity contribution in [3.8, 4) is 0 Å². The summed E-state index contributed by atoms with van der Waals surface area (Å²) < 4.78 is 54.9. The van der Waals surface area contributed by atoms with Crippen LogP contribution < -0.4 is 10.0 Å². The molecule has 0 spiro atoms. The second kappa shape index (κ2) is 7.37. The number of benzene rings is 1. The molecular formula is C16H24ClN3O4S2. The maximum atomic E-state index is 13.1. The van der Waals surface area contributed by atoms with Crippen molar-refractivity contribution in [3.05, 3.63) is 24.3 Å². The van der Waals surface area contributed by atoms with Crippen LogP contribution in [0.5, 0.6) is 0 Å². The largest absolute Gasteiger partial charge is 0.315 e. The van der Waals surface area contributed by atoms with Gasteiger partial charge < -0.3 is 5.32 Å². The van der Waals surface area contributed by atoms with E-state index in [1.807, 2.05) is 0 Å². The van der Waals surface area contributed by atoms with Gasteiger partial charge in [-0.15, -0.1) is 12.4 Å². The molecule has 2 saturated heterocycles. The minimum Gasteiger partial charge on any atom is -0.315 e. The van der Waals surface area contributed by atoms with Crippen LogP contribution in [0.3, 0.4) is 0 Å². The number of hydrogen-bond acceptors (Lipinski definition) is 5. The summed E-state index contributed by atoms with van der Waals surface area (Å²) >= 11 is 0. The first-order valence-electron chi connectivity index (χ1n) is 8.74. The van der Waals surface area contributed by atoms with Gasteiger partial charge in [0.1, 0.15) is 0 Å². The summed E-state index contributed by atoms with van der Waals surface area (Å²) in [5.41, 5.74) is 0. The first kappa shape index (κ1) is 20.0. The standard InChI is InChI=1S/C16H23N3O4S2.ClH/c20-24(21,18-12-1-2-12)15-5-7-16(8-6-15)25(22,23)19-13-3-4-14(19)11-17-10-9-13;/h5-8,12-14,17-18H,1-4,9-11H2;1H. The van der Waals surface area contributed by atoms with E-state index >= 15 is 0 Å². The molecule has 2 N–H and O–H groups in total. The molecule has 3 aliphatic rings. The zero-order valence-electron chi connectivity index (χ0n) is 14.3. The summed E-state index contributed by atoms with van der Waals surface area (Å²) in [6.07, 6.45) is 4.29. The predicted molar refractivity (Wildman–Crippen MR) is 100 cm³/mol. The summed E-state index contributed by atoms with van der Waals surface area (Å²) in [4.78, 5) is 0.274. The zero-order chi connectivity index (χ0) is 17.7. The SMILES string of the molecule is Cl.O=S(=O)(NC1CC1)c1ccc(S(=O)(=O)N2C3CCNCC2CC3)cc1. The molecule has 2 aliphatic heterocycles. The van der Waals surface area contributed by atoms with Crippen molar-refractivity contribution in [2.45, 2.75) is 60.0 Å². The first-order chi connectivity index (χ1) is 11.9. The zero-order valence-corrected chi connectivity index (χ0v) is 16.7. The van der Waals surface area contributed by atoms with Gasteiger partial charge in [-0.2, -0.15) is 4.31 Å². The van der Waals surface area contributed by atoms with Crippen molar-refractivity contribution < 1.29 is 16.8 Å². The summed E-state index contributed by atoms with van der Waals surface area (Å²) in [5.74, 6) is 0. The fourth-order valence-electron chi connectivity index (χ4n) is 3.73. The monoisotopic (exact) mass is 421 g/mol. The van der Waals surface area contributed by atoms with E-state index in [0.29, 0.717) is 6.54 Å². The highest BCUT2D eigenvalue weighted by atomic mass is 35.5. The molecule has 1 aromatic rings.